The molecule has 0 saturated heterocycles. The Morgan fingerprint density at radius 1 is 0.571 bits per heavy atom. The van der Waals surface area contributed by atoms with E-state index in [0.29, 0.717) is 0 Å². The normalized spacial score (nSPS) is 8.19. The maximum atomic E-state index is 2.20. The first kappa shape index (κ1) is 21.7. The van der Waals surface area contributed by atoms with Crippen LogP contribution in [-0.4, -0.2) is 0 Å². The van der Waals surface area contributed by atoms with E-state index in [-0.39, 0.29) is 0 Å². The van der Waals surface area contributed by atoms with Crippen molar-refractivity contribution in [2.75, 3.05) is 0 Å². The van der Waals surface area contributed by atoms with Gasteiger partial charge in [-0.25, -0.2) is 0 Å². The van der Waals surface area contributed by atoms with Gasteiger partial charge in [0.2, 0.25) is 0 Å². The molecule has 0 fully saturated rings. The average Bonchev–Trinajstić information content (AvgIpc) is 2.61. The van der Waals surface area contributed by atoms with Gasteiger partial charge in [0, 0.05) is 0 Å². The van der Waals surface area contributed by atoms with Crippen molar-refractivity contribution in [3.8, 4) is 11.1 Å². The number of hydrogen-bond acceptors (Lipinski definition) is 0. The van der Waals surface area contributed by atoms with Crippen molar-refractivity contribution in [1.29, 1.82) is 0 Å². The molecule has 0 radical (unpaired) electrons. The molecular formula is C21H34. The van der Waals surface area contributed by atoms with Crippen LogP contribution in [0.1, 0.15) is 59.6 Å². The van der Waals surface area contributed by atoms with Crippen molar-refractivity contribution in [3.63, 3.8) is 0 Å². The zero-order valence-electron chi connectivity index (χ0n) is 15.3. The minimum Gasteiger partial charge on any atom is -0.0683 e. The lowest BCUT2D eigenvalue weighted by Crippen LogP contribution is -1.81. The van der Waals surface area contributed by atoms with Crippen molar-refractivity contribution < 1.29 is 0 Å². The summed E-state index contributed by atoms with van der Waals surface area (Å²) < 4.78 is 0. The first-order valence-electron chi connectivity index (χ1n) is 8.45. The van der Waals surface area contributed by atoms with Crippen molar-refractivity contribution in [2.24, 2.45) is 0 Å². The molecule has 0 aliphatic heterocycles. The molecule has 0 nitrogen and oxygen atoms in total. The van der Waals surface area contributed by atoms with Gasteiger partial charge in [0.15, 0.2) is 0 Å². The highest BCUT2D eigenvalue weighted by Gasteiger charge is 1.96. The van der Waals surface area contributed by atoms with Crippen LogP contribution in [0.4, 0.5) is 0 Å². The van der Waals surface area contributed by atoms with Gasteiger partial charge in [-0.05, 0) is 30.0 Å². The van der Waals surface area contributed by atoms with Crippen LogP contribution in [0, 0.1) is 6.92 Å². The molecular weight excluding hydrogens is 252 g/mol. The fourth-order valence-electron chi connectivity index (χ4n) is 1.68. The minimum absolute atomic E-state index is 1.11. The Hall–Kier alpha value is -1.56. The minimum atomic E-state index is 1.11. The van der Waals surface area contributed by atoms with E-state index in [4.69, 9.17) is 0 Å². The highest BCUT2D eigenvalue weighted by atomic mass is 14.0. The van der Waals surface area contributed by atoms with Crippen molar-refractivity contribution in [2.45, 2.75) is 61.8 Å². The molecule has 2 aromatic rings. The Bertz CT molecular complexity index is 421. The summed E-state index contributed by atoms with van der Waals surface area (Å²) >= 11 is 0. The largest absolute Gasteiger partial charge is 0.0683 e. The molecule has 2 aromatic carbocycles. The van der Waals surface area contributed by atoms with Crippen LogP contribution in [0.25, 0.3) is 11.1 Å². The zero-order chi connectivity index (χ0) is 16.7. The fraction of sp³-hybridized carbons (Fsp3) is 0.429. The molecule has 0 aromatic heterocycles. The molecule has 0 heterocycles. The Balaban J connectivity index is 0. The van der Waals surface area contributed by atoms with Gasteiger partial charge in [0.25, 0.3) is 0 Å². The summed E-state index contributed by atoms with van der Waals surface area (Å²) in [5.41, 5.74) is 5.30. The third-order valence-corrected chi connectivity index (χ3v) is 2.75. The predicted molar refractivity (Wildman–Crippen MR) is 100 cm³/mol. The third-order valence-electron chi connectivity index (χ3n) is 2.75. The first-order valence-corrected chi connectivity index (χ1v) is 8.45. The lowest BCUT2D eigenvalue weighted by Gasteiger charge is -2.03. The fourth-order valence-corrected chi connectivity index (χ4v) is 1.68. The molecule has 2 rings (SSSR count). The summed E-state index contributed by atoms with van der Waals surface area (Å²) in [5, 5.41) is 0. The zero-order valence-corrected chi connectivity index (χ0v) is 15.3. The highest BCUT2D eigenvalue weighted by molar-refractivity contribution is 5.63. The molecule has 0 N–H and O–H groups in total. The molecule has 0 spiro atoms. The van der Waals surface area contributed by atoms with Crippen LogP contribution >= 0.6 is 0 Å². The maximum absolute atomic E-state index is 2.20. The van der Waals surface area contributed by atoms with E-state index < -0.39 is 0 Å². The summed E-state index contributed by atoms with van der Waals surface area (Å²) in [4.78, 5) is 0. The van der Waals surface area contributed by atoms with E-state index >= 15 is 0 Å². The molecule has 0 bridgehead atoms. The predicted octanol–water partition coefficient (Wildman–Crippen LogP) is 7.30. The number of benzene rings is 2. The van der Waals surface area contributed by atoms with Gasteiger partial charge in [0.05, 0.1) is 0 Å². The standard InChI is InChI=1S/C15H16.3C2H6/c1-3-13-6-10-15(11-7-13)14-8-4-12(2)5-9-14;3*1-2/h4-11H,3H2,1-2H3;3*1-2H3. The summed E-state index contributed by atoms with van der Waals surface area (Å²) in [5.74, 6) is 0. The molecule has 21 heavy (non-hydrogen) atoms. The molecule has 0 aliphatic rings. The second kappa shape index (κ2) is 14.8. The van der Waals surface area contributed by atoms with Crippen molar-refractivity contribution in [1.82, 2.24) is 0 Å². The lowest BCUT2D eigenvalue weighted by molar-refractivity contribution is 1.14. The lowest BCUT2D eigenvalue weighted by atomic mass is 10.0. The molecule has 0 unspecified atom stereocenters. The Labute approximate surface area is 133 Å². The maximum Gasteiger partial charge on any atom is -0.0184 e. The third kappa shape index (κ3) is 8.34. The molecule has 0 saturated carbocycles. The molecule has 118 valence electrons. The van der Waals surface area contributed by atoms with Crippen LogP contribution in [0.15, 0.2) is 48.5 Å². The smallest absolute Gasteiger partial charge is 0.0184 e. The van der Waals surface area contributed by atoms with E-state index in [1.807, 2.05) is 41.5 Å². The van der Waals surface area contributed by atoms with Crippen LogP contribution in [0.5, 0.6) is 0 Å². The second-order valence-corrected chi connectivity index (χ2v) is 3.92. The second-order valence-electron chi connectivity index (χ2n) is 3.92. The molecule has 0 atom stereocenters. The molecule has 0 aliphatic carbocycles. The molecule has 0 amide bonds. The van der Waals surface area contributed by atoms with E-state index in [1.165, 1.54) is 22.3 Å². The Kier molecular flexibility index (Phi) is 15.4. The average molecular weight is 287 g/mol. The topological polar surface area (TPSA) is 0 Å². The summed E-state index contributed by atoms with van der Waals surface area (Å²) in [6.07, 6.45) is 1.11. The SMILES string of the molecule is CC.CC.CC.CCc1ccc(-c2ccc(C)cc2)cc1. The summed E-state index contributed by atoms with van der Waals surface area (Å²) in [6, 6.07) is 17.5. The van der Waals surface area contributed by atoms with Crippen LogP contribution in [0.2, 0.25) is 0 Å². The number of hydrogen-bond donors (Lipinski definition) is 0. The van der Waals surface area contributed by atoms with Gasteiger partial charge in [0.1, 0.15) is 0 Å². The van der Waals surface area contributed by atoms with Crippen molar-refractivity contribution in [3.05, 3.63) is 59.7 Å². The van der Waals surface area contributed by atoms with Gasteiger partial charge in [-0.3, -0.25) is 0 Å². The van der Waals surface area contributed by atoms with E-state index in [2.05, 4.69) is 62.4 Å². The van der Waals surface area contributed by atoms with Gasteiger partial charge in [-0.15, -0.1) is 0 Å². The number of rotatable bonds is 2. The summed E-state index contributed by atoms with van der Waals surface area (Å²) in [6.45, 7) is 16.3. The first-order chi connectivity index (χ1) is 10.3. The van der Waals surface area contributed by atoms with Gasteiger partial charge >= 0.3 is 0 Å². The summed E-state index contributed by atoms with van der Waals surface area (Å²) in [7, 11) is 0. The van der Waals surface area contributed by atoms with Crippen LogP contribution in [-0.2, 0) is 6.42 Å². The Morgan fingerprint density at radius 2 is 0.905 bits per heavy atom. The van der Waals surface area contributed by atoms with Crippen molar-refractivity contribution >= 4 is 0 Å². The van der Waals surface area contributed by atoms with Gasteiger partial charge in [-0.2, -0.15) is 0 Å². The highest BCUT2D eigenvalue weighted by Crippen LogP contribution is 2.20. The van der Waals surface area contributed by atoms with E-state index in [9.17, 15) is 0 Å². The quantitative estimate of drug-likeness (QED) is 0.543. The van der Waals surface area contributed by atoms with E-state index in [1.54, 1.807) is 0 Å². The van der Waals surface area contributed by atoms with E-state index in [0.717, 1.165) is 6.42 Å². The molecule has 0 heteroatoms. The van der Waals surface area contributed by atoms with Crippen LogP contribution in [0.3, 0.4) is 0 Å². The Morgan fingerprint density at radius 3 is 1.24 bits per heavy atom. The number of aryl methyl sites for hydroxylation is 2. The van der Waals surface area contributed by atoms with Crippen LogP contribution < -0.4 is 0 Å². The van der Waals surface area contributed by atoms with Gasteiger partial charge in [-0.1, -0.05) is 103 Å². The monoisotopic (exact) mass is 286 g/mol. The van der Waals surface area contributed by atoms with Gasteiger partial charge < -0.3 is 0 Å².